The van der Waals surface area contributed by atoms with E-state index >= 15 is 0 Å². The minimum Gasteiger partial charge on any atom is -0.353 e. The Labute approximate surface area is 184 Å². The fraction of sp³-hybridized carbons (Fsp3) is 0.741. The average Bonchev–Trinajstić information content (AvgIpc) is 2.75. The highest BCUT2D eigenvalue weighted by Gasteiger charge is 2.53. The van der Waals surface area contributed by atoms with Crippen molar-refractivity contribution < 1.29 is 4.79 Å². The maximum absolute atomic E-state index is 13.5. The number of hydrogen-bond acceptors (Lipinski definition) is 2. The summed E-state index contributed by atoms with van der Waals surface area (Å²) in [4.78, 5) is 13.5. The maximum Gasteiger partial charge on any atom is 0.226 e. The van der Waals surface area contributed by atoms with E-state index < -0.39 is 0 Å². The third kappa shape index (κ3) is 4.93. The van der Waals surface area contributed by atoms with Crippen LogP contribution in [-0.2, 0) is 10.2 Å². The molecule has 1 amide bonds. The smallest absolute Gasteiger partial charge is 0.226 e. The van der Waals surface area contributed by atoms with Gasteiger partial charge in [0.05, 0.1) is 0 Å². The van der Waals surface area contributed by atoms with Crippen molar-refractivity contribution in [3.8, 4) is 0 Å². The molecule has 168 valence electrons. The van der Waals surface area contributed by atoms with Gasteiger partial charge in [-0.25, -0.2) is 0 Å². The molecule has 3 N–H and O–H groups in total. The van der Waals surface area contributed by atoms with E-state index in [1.54, 1.807) is 0 Å². The molecule has 4 rings (SSSR count). The molecule has 3 heteroatoms. The molecule has 3 saturated carbocycles. The first-order valence-electron chi connectivity index (χ1n) is 12.5. The van der Waals surface area contributed by atoms with Crippen LogP contribution in [-0.4, -0.2) is 18.5 Å². The summed E-state index contributed by atoms with van der Waals surface area (Å²) in [6.07, 6.45) is 10.3. The molecule has 0 saturated heterocycles. The second-order valence-corrected chi connectivity index (χ2v) is 10.6. The molecule has 4 unspecified atom stereocenters. The summed E-state index contributed by atoms with van der Waals surface area (Å²) >= 11 is 0. The van der Waals surface area contributed by atoms with E-state index in [0.29, 0.717) is 23.8 Å². The van der Waals surface area contributed by atoms with Crippen molar-refractivity contribution in [3.63, 3.8) is 0 Å². The Balaban J connectivity index is 0.00000124. The van der Waals surface area contributed by atoms with Gasteiger partial charge in [-0.1, -0.05) is 58.0 Å². The topological polar surface area (TPSA) is 55.1 Å². The fourth-order valence-corrected chi connectivity index (χ4v) is 7.00. The molecule has 0 aliphatic heterocycles. The number of amides is 1. The third-order valence-electron chi connectivity index (χ3n) is 8.07. The van der Waals surface area contributed by atoms with Crippen molar-refractivity contribution >= 4 is 5.91 Å². The molecule has 30 heavy (non-hydrogen) atoms. The predicted octanol–water partition coefficient (Wildman–Crippen LogP) is 5.82. The number of benzene rings is 1. The van der Waals surface area contributed by atoms with Crippen LogP contribution in [0.25, 0.3) is 0 Å². The Morgan fingerprint density at radius 3 is 2.37 bits per heavy atom. The van der Waals surface area contributed by atoms with Crippen molar-refractivity contribution in [1.82, 2.24) is 5.32 Å². The lowest BCUT2D eigenvalue weighted by atomic mass is 9.50. The number of nitrogens with two attached hydrogens (primary N) is 1. The summed E-state index contributed by atoms with van der Waals surface area (Å²) in [6, 6.07) is 11.4. The van der Waals surface area contributed by atoms with E-state index in [-0.39, 0.29) is 10.8 Å². The van der Waals surface area contributed by atoms with Gasteiger partial charge >= 0.3 is 0 Å². The number of carbonyl (C=O) groups excluding carboxylic acids is 1. The second-order valence-electron chi connectivity index (χ2n) is 10.6. The molecule has 3 fully saturated rings. The number of hydrogen-bond donors (Lipinski definition) is 2. The Bertz CT molecular complexity index is 677. The molecule has 3 aliphatic rings. The molecule has 0 aromatic heterocycles. The van der Waals surface area contributed by atoms with Crippen LogP contribution < -0.4 is 11.1 Å². The summed E-state index contributed by atoms with van der Waals surface area (Å²) < 4.78 is 0. The quantitative estimate of drug-likeness (QED) is 0.654. The van der Waals surface area contributed by atoms with Crippen LogP contribution in [0, 0.1) is 23.2 Å². The molecule has 1 aromatic carbocycles. The monoisotopic (exact) mass is 412 g/mol. The van der Waals surface area contributed by atoms with Gasteiger partial charge in [-0.05, 0) is 93.1 Å². The summed E-state index contributed by atoms with van der Waals surface area (Å²) in [7, 11) is 0. The Morgan fingerprint density at radius 2 is 1.73 bits per heavy atom. The molecular weight excluding hydrogens is 368 g/mol. The van der Waals surface area contributed by atoms with E-state index in [1.807, 2.05) is 13.8 Å². The van der Waals surface area contributed by atoms with Gasteiger partial charge in [0.1, 0.15) is 0 Å². The van der Waals surface area contributed by atoms with Gasteiger partial charge in [0, 0.05) is 11.5 Å². The summed E-state index contributed by atoms with van der Waals surface area (Å²) in [6.45, 7) is 9.44. The van der Waals surface area contributed by atoms with Crippen LogP contribution in [0.5, 0.6) is 0 Å². The van der Waals surface area contributed by atoms with Gasteiger partial charge < -0.3 is 11.1 Å². The van der Waals surface area contributed by atoms with E-state index in [2.05, 4.69) is 49.5 Å². The highest BCUT2D eigenvalue weighted by molar-refractivity contribution is 5.83. The van der Waals surface area contributed by atoms with Gasteiger partial charge in [-0.3, -0.25) is 4.79 Å². The average molecular weight is 413 g/mol. The van der Waals surface area contributed by atoms with Crippen molar-refractivity contribution in [2.24, 2.45) is 28.9 Å². The van der Waals surface area contributed by atoms with E-state index in [4.69, 9.17) is 5.73 Å². The molecule has 3 nitrogen and oxygen atoms in total. The van der Waals surface area contributed by atoms with Crippen LogP contribution in [0.4, 0.5) is 0 Å². The lowest BCUT2D eigenvalue weighted by Gasteiger charge is -2.54. The number of fused-ring (bicyclic) bond motifs is 2. The molecule has 1 aromatic rings. The third-order valence-corrected chi connectivity index (χ3v) is 8.07. The maximum atomic E-state index is 13.5. The van der Waals surface area contributed by atoms with Gasteiger partial charge in [-0.15, -0.1) is 0 Å². The Kier molecular flexibility index (Phi) is 7.66. The van der Waals surface area contributed by atoms with Crippen LogP contribution >= 0.6 is 0 Å². The molecule has 2 bridgehead atoms. The lowest BCUT2D eigenvalue weighted by Crippen LogP contribution is -2.54. The van der Waals surface area contributed by atoms with Crippen LogP contribution in [0.2, 0.25) is 0 Å². The van der Waals surface area contributed by atoms with Crippen LogP contribution in [0.1, 0.15) is 91.0 Å². The molecule has 0 heterocycles. The normalized spacial score (nSPS) is 38.2. The number of carbonyl (C=O) groups is 1. The van der Waals surface area contributed by atoms with Crippen molar-refractivity contribution in [2.75, 3.05) is 6.54 Å². The highest BCUT2D eigenvalue weighted by atomic mass is 16.2. The minimum absolute atomic E-state index is 0.172. The largest absolute Gasteiger partial charge is 0.353 e. The van der Waals surface area contributed by atoms with Crippen molar-refractivity contribution in [1.29, 1.82) is 0 Å². The van der Waals surface area contributed by atoms with Crippen LogP contribution in [0.3, 0.4) is 0 Å². The Hall–Kier alpha value is -1.35. The second kappa shape index (κ2) is 9.85. The first kappa shape index (κ1) is 23.3. The summed E-state index contributed by atoms with van der Waals surface area (Å²) in [5.41, 5.74) is 7.21. The zero-order chi connectivity index (χ0) is 21.8. The molecule has 3 aliphatic carbocycles. The van der Waals surface area contributed by atoms with Crippen molar-refractivity contribution in [2.45, 2.75) is 96.9 Å². The predicted molar refractivity (Wildman–Crippen MR) is 126 cm³/mol. The zero-order valence-electron chi connectivity index (χ0n) is 19.8. The first-order chi connectivity index (χ1) is 14.4. The first-order valence-corrected chi connectivity index (χ1v) is 12.5. The molecule has 0 spiro atoms. The van der Waals surface area contributed by atoms with E-state index in [1.165, 1.54) is 24.8 Å². The highest BCUT2D eigenvalue weighted by Crippen LogP contribution is 2.58. The van der Waals surface area contributed by atoms with E-state index in [9.17, 15) is 4.79 Å². The van der Waals surface area contributed by atoms with Gasteiger partial charge in [-0.2, -0.15) is 0 Å². The molecule has 0 radical (unpaired) electrons. The van der Waals surface area contributed by atoms with Crippen LogP contribution in [0.15, 0.2) is 30.3 Å². The van der Waals surface area contributed by atoms with Crippen molar-refractivity contribution in [3.05, 3.63) is 35.9 Å². The summed E-state index contributed by atoms with van der Waals surface area (Å²) in [5.74, 6) is 2.38. The van der Waals surface area contributed by atoms with E-state index in [0.717, 1.165) is 51.0 Å². The van der Waals surface area contributed by atoms with Gasteiger partial charge in [0.25, 0.3) is 0 Å². The minimum atomic E-state index is -0.246. The summed E-state index contributed by atoms with van der Waals surface area (Å²) in [5, 5.41) is 3.46. The number of rotatable bonds is 4. The SMILES string of the molecule is CC.CC1CC2CC(C)(C(=O)NC3CCC(CN)CC3)CC(c3ccccc3)(C1)C2. The molecular formula is C27H44N2O. The lowest BCUT2D eigenvalue weighted by molar-refractivity contribution is -0.137. The molecule has 4 atom stereocenters. The fourth-order valence-electron chi connectivity index (χ4n) is 7.00. The number of nitrogens with one attached hydrogen (secondary N) is 1. The van der Waals surface area contributed by atoms with Gasteiger partial charge in [0.15, 0.2) is 0 Å². The van der Waals surface area contributed by atoms with Gasteiger partial charge in [0.2, 0.25) is 5.91 Å². The Morgan fingerprint density at radius 1 is 1.07 bits per heavy atom. The zero-order valence-corrected chi connectivity index (χ0v) is 19.8. The standard InChI is InChI=1S/C25H38N2O.C2H6/c1-18-12-20-14-24(2,23(28)27-22-10-8-19(16-26)9-11-22)17-25(13-18,15-20)21-6-4-3-5-7-21;1-2/h3-7,18-20,22H,8-17,26H2,1-2H3,(H,27,28);1-2H3.